The average Bonchev–Trinajstić information content (AvgIpc) is 3.33. The van der Waals surface area contributed by atoms with E-state index in [0.29, 0.717) is 24.2 Å². The molecular formula is C25H32N2O3S. The summed E-state index contributed by atoms with van der Waals surface area (Å²) in [5.74, 6) is -0.139. The summed E-state index contributed by atoms with van der Waals surface area (Å²) in [6.07, 6.45) is 7.45. The van der Waals surface area contributed by atoms with Crippen molar-refractivity contribution in [2.24, 2.45) is 0 Å². The van der Waals surface area contributed by atoms with Crippen molar-refractivity contribution >= 4 is 15.9 Å². The second kappa shape index (κ2) is 9.53. The van der Waals surface area contributed by atoms with Gasteiger partial charge in [0.1, 0.15) is 0 Å². The highest BCUT2D eigenvalue weighted by Gasteiger charge is 2.25. The summed E-state index contributed by atoms with van der Waals surface area (Å²) >= 11 is 0. The number of carbonyl (C=O) groups is 1. The monoisotopic (exact) mass is 440 g/mol. The maximum absolute atomic E-state index is 12.8. The summed E-state index contributed by atoms with van der Waals surface area (Å²) in [7, 11) is -3.28. The molecule has 166 valence electrons. The second-order valence-electron chi connectivity index (χ2n) is 8.73. The van der Waals surface area contributed by atoms with E-state index in [-0.39, 0.29) is 17.7 Å². The van der Waals surface area contributed by atoms with E-state index in [4.69, 9.17) is 0 Å². The molecule has 1 atom stereocenters. The van der Waals surface area contributed by atoms with Gasteiger partial charge < -0.3 is 5.32 Å². The fourth-order valence-electron chi connectivity index (χ4n) is 4.65. The van der Waals surface area contributed by atoms with Gasteiger partial charge in [-0.25, -0.2) is 12.7 Å². The van der Waals surface area contributed by atoms with Crippen molar-refractivity contribution in [3.05, 3.63) is 70.3 Å². The molecule has 1 saturated heterocycles. The van der Waals surface area contributed by atoms with Crippen LogP contribution in [-0.2, 0) is 28.6 Å². The third kappa shape index (κ3) is 5.18. The molecule has 1 fully saturated rings. The van der Waals surface area contributed by atoms with Gasteiger partial charge in [0.05, 0.1) is 11.8 Å². The number of aryl methyl sites for hydroxylation is 2. The summed E-state index contributed by atoms with van der Waals surface area (Å²) in [6.45, 7) is 3.31. The van der Waals surface area contributed by atoms with Gasteiger partial charge in [-0.2, -0.15) is 0 Å². The zero-order chi connectivity index (χ0) is 21.8. The van der Waals surface area contributed by atoms with Crippen molar-refractivity contribution in [1.82, 2.24) is 9.62 Å². The van der Waals surface area contributed by atoms with Crippen LogP contribution in [0.5, 0.6) is 0 Å². The fraction of sp³-hybridized carbons (Fsp3) is 0.480. The van der Waals surface area contributed by atoms with Crippen LogP contribution in [-0.4, -0.2) is 31.7 Å². The predicted molar refractivity (Wildman–Crippen MR) is 123 cm³/mol. The van der Waals surface area contributed by atoms with Gasteiger partial charge in [0.25, 0.3) is 5.91 Å². The number of nitrogens with one attached hydrogen (secondary N) is 1. The van der Waals surface area contributed by atoms with E-state index in [1.807, 2.05) is 0 Å². The Hall–Kier alpha value is -2.18. The fourth-order valence-corrected chi connectivity index (χ4v) is 6.26. The molecule has 6 heteroatoms. The number of benzene rings is 2. The molecule has 2 aromatic carbocycles. The summed E-state index contributed by atoms with van der Waals surface area (Å²) in [6, 6.07) is 13.5. The van der Waals surface area contributed by atoms with Crippen LogP contribution in [0.1, 0.15) is 77.7 Å². The highest BCUT2D eigenvalue weighted by Crippen LogP contribution is 2.26. The van der Waals surface area contributed by atoms with Crippen molar-refractivity contribution in [2.45, 2.75) is 63.7 Å². The Labute approximate surface area is 185 Å². The number of hydrogen-bond acceptors (Lipinski definition) is 3. The Morgan fingerprint density at radius 1 is 0.968 bits per heavy atom. The molecule has 1 N–H and O–H groups in total. The molecule has 2 aliphatic rings. The van der Waals surface area contributed by atoms with E-state index >= 15 is 0 Å². The van der Waals surface area contributed by atoms with Crippen molar-refractivity contribution in [1.29, 1.82) is 0 Å². The minimum atomic E-state index is -3.28. The molecule has 2 aromatic rings. The van der Waals surface area contributed by atoms with E-state index in [9.17, 15) is 13.2 Å². The second-order valence-corrected chi connectivity index (χ2v) is 10.7. The molecule has 0 bridgehead atoms. The normalized spacial score (nSPS) is 17.8. The van der Waals surface area contributed by atoms with Crippen LogP contribution in [0.15, 0.2) is 42.5 Å². The molecule has 0 saturated carbocycles. The molecule has 5 nitrogen and oxygen atoms in total. The summed E-state index contributed by atoms with van der Waals surface area (Å²) < 4.78 is 26.6. The largest absolute Gasteiger partial charge is 0.345 e. The van der Waals surface area contributed by atoms with E-state index in [2.05, 4.69) is 30.4 Å². The van der Waals surface area contributed by atoms with Gasteiger partial charge in [-0.15, -0.1) is 0 Å². The van der Waals surface area contributed by atoms with E-state index in [0.717, 1.165) is 37.7 Å². The first-order valence-electron chi connectivity index (χ1n) is 11.5. The molecule has 1 heterocycles. The zero-order valence-corrected chi connectivity index (χ0v) is 19.1. The van der Waals surface area contributed by atoms with Crippen LogP contribution in [0.4, 0.5) is 0 Å². The molecule has 0 aromatic heterocycles. The maximum Gasteiger partial charge on any atom is 0.251 e. The summed E-state index contributed by atoms with van der Waals surface area (Å²) in [5.41, 5.74) is 5.28. The van der Waals surface area contributed by atoms with Gasteiger partial charge in [-0.3, -0.25) is 4.79 Å². The standard InChI is InChI=1S/C25H32N2O3S/c1-2-24(23-14-13-20-7-3-4-8-22(20)17-23)26-25(28)21-11-9-19(10-12-21)18-31(29,30)27-15-5-6-16-27/h9-14,17,24H,2-8,15-16,18H2,1H3,(H,26,28)/t24-/m1/s1. The average molecular weight is 441 g/mol. The number of hydrogen-bond donors (Lipinski definition) is 1. The van der Waals surface area contributed by atoms with Crippen molar-refractivity contribution in [3.63, 3.8) is 0 Å². The Balaban J connectivity index is 1.41. The van der Waals surface area contributed by atoms with Crippen molar-refractivity contribution < 1.29 is 13.2 Å². The van der Waals surface area contributed by atoms with Crippen LogP contribution in [0.25, 0.3) is 0 Å². The SMILES string of the molecule is CC[C@@H](NC(=O)c1ccc(CS(=O)(=O)N2CCCC2)cc1)c1ccc2c(c1)CCCC2. The summed E-state index contributed by atoms with van der Waals surface area (Å²) in [4.78, 5) is 12.8. The van der Waals surface area contributed by atoms with Crippen molar-refractivity contribution in [3.8, 4) is 0 Å². The van der Waals surface area contributed by atoms with E-state index in [1.165, 1.54) is 24.0 Å². The lowest BCUT2D eigenvalue weighted by Gasteiger charge is -2.22. The number of rotatable bonds is 7. The zero-order valence-electron chi connectivity index (χ0n) is 18.3. The Morgan fingerprint density at radius 3 is 2.32 bits per heavy atom. The Morgan fingerprint density at radius 2 is 1.65 bits per heavy atom. The molecule has 0 radical (unpaired) electrons. The summed E-state index contributed by atoms with van der Waals surface area (Å²) in [5, 5.41) is 3.15. The molecule has 31 heavy (non-hydrogen) atoms. The number of fused-ring (bicyclic) bond motifs is 1. The smallest absolute Gasteiger partial charge is 0.251 e. The molecule has 4 rings (SSSR count). The minimum Gasteiger partial charge on any atom is -0.345 e. The lowest BCUT2D eigenvalue weighted by atomic mass is 9.88. The van der Waals surface area contributed by atoms with Gasteiger partial charge in [0.15, 0.2) is 0 Å². The number of nitrogens with zero attached hydrogens (tertiary/aromatic N) is 1. The molecule has 0 spiro atoms. The first kappa shape index (κ1) is 22.0. The first-order chi connectivity index (χ1) is 15.0. The third-order valence-corrected chi connectivity index (χ3v) is 8.36. The maximum atomic E-state index is 12.8. The van der Waals surface area contributed by atoms with Crippen LogP contribution in [0.3, 0.4) is 0 Å². The van der Waals surface area contributed by atoms with Gasteiger partial charge >= 0.3 is 0 Å². The van der Waals surface area contributed by atoms with Gasteiger partial charge in [-0.1, -0.05) is 37.3 Å². The van der Waals surface area contributed by atoms with Gasteiger partial charge in [0, 0.05) is 18.7 Å². The van der Waals surface area contributed by atoms with Crippen LogP contribution < -0.4 is 5.32 Å². The van der Waals surface area contributed by atoms with Crippen molar-refractivity contribution in [2.75, 3.05) is 13.1 Å². The minimum absolute atomic E-state index is 0.0123. The van der Waals surface area contributed by atoms with E-state index in [1.54, 1.807) is 28.6 Å². The quantitative estimate of drug-likeness (QED) is 0.695. The van der Waals surface area contributed by atoms with Gasteiger partial charge in [-0.05, 0) is 79.3 Å². The predicted octanol–water partition coefficient (Wildman–Crippen LogP) is 4.37. The lowest BCUT2D eigenvalue weighted by Crippen LogP contribution is -2.29. The molecule has 1 amide bonds. The molecule has 0 unspecified atom stereocenters. The highest BCUT2D eigenvalue weighted by molar-refractivity contribution is 7.88. The number of carbonyl (C=O) groups excluding carboxylic acids is 1. The first-order valence-corrected chi connectivity index (χ1v) is 13.1. The Bertz CT molecular complexity index is 1030. The highest BCUT2D eigenvalue weighted by atomic mass is 32.2. The third-order valence-electron chi connectivity index (χ3n) is 6.51. The number of sulfonamides is 1. The van der Waals surface area contributed by atoms with E-state index < -0.39 is 10.0 Å². The lowest BCUT2D eigenvalue weighted by molar-refractivity contribution is 0.0935. The van der Waals surface area contributed by atoms with Gasteiger partial charge in [0.2, 0.25) is 10.0 Å². The molecule has 1 aliphatic carbocycles. The molecular weight excluding hydrogens is 408 g/mol. The van der Waals surface area contributed by atoms with Crippen LogP contribution in [0.2, 0.25) is 0 Å². The topological polar surface area (TPSA) is 66.5 Å². The van der Waals surface area contributed by atoms with Crippen LogP contribution >= 0.6 is 0 Å². The Kier molecular flexibility index (Phi) is 6.77. The number of amides is 1. The molecule has 1 aliphatic heterocycles. The van der Waals surface area contributed by atoms with Crippen LogP contribution in [0, 0.1) is 0 Å².